The lowest BCUT2D eigenvalue weighted by molar-refractivity contribution is -0.120. The van der Waals surface area contributed by atoms with Crippen LogP contribution in [-0.2, 0) is 22.6 Å². The molecule has 0 saturated carbocycles. The molecule has 4 rings (SSSR count). The highest BCUT2D eigenvalue weighted by Gasteiger charge is 2.17. The Labute approximate surface area is 214 Å². The molecule has 8 nitrogen and oxygen atoms in total. The Kier molecular flexibility index (Phi) is 7.67. The summed E-state index contributed by atoms with van der Waals surface area (Å²) in [6.45, 7) is 6.33. The summed E-state index contributed by atoms with van der Waals surface area (Å²) in [5, 5.41) is 6.00. The average molecular weight is 499 g/mol. The van der Waals surface area contributed by atoms with Crippen LogP contribution in [0.3, 0.4) is 0 Å². The van der Waals surface area contributed by atoms with Gasteiger partial charge in [0.15, 0.2) is 0 Å². The van der Waals surface area contributed by atoms with Crippen molar-refractivity contribution in [2.45, 2.75) is 33.7 Å². The number of rotatable bonds is 8. The van der Waals surface area contributed by atoms with E-state index in [0.29, 0.717) is 34.7 Å². The quantitative estimate of drug-likeness (QED) is 0.389. The fraction of sp³-hybridized carbons (Fsp3) is 0.241. The zero-order valence-electron chi connectivity index (χ0n) is 21.2. The van der Waals surface area contributed by atoms with Gasteiger partial charge in [-0.1, -0.05) is 55.8 Å². The van der Waals surface area contributed by atoms with Crippen molar-refractivity contribution >= 4 is 28.4 Å². The smallest absolute Gasteiger partial charge is 0.336 e. The van der Waals surface area contributed by atoms with Crippen LogP contribution < -0.4 is 21.9 Å². The Balaban J connectivity index is 1.66. The monoisotopic (exact) mass is 498 g/mol. The second-order valence-corrected chi connectivity index (χ2v) is 9.48. The number of fused-ring (bicyclic) bond motifs is 1. The normalized spacial score (nSPS) is 11.0. The highest BCUT2D eigenvalue weighted by atomic mass is 16.2. The Morgan fingerprint density at radius 3 is 2.22 bits per heavy atom. The Morgan fingerprint density at radius 2 is 1.54 bits per heavy atom. The molecule has 0 radical (unpaired) electrons. The third-order valence-electron chi connectivity index (χ3n) is 5.95. The van der Waals surface area contributed by atoms with E-state index in [1.54, 1.807) is 60.7 Å². The van der Waals surface area contributed by atoms with Crippen molar-refractivity contribution in [1.29, 1.82) is 0 Å². The fourth-order valence-electron chi connectivity index (χ4n) is 4.01. The largest absolute Gasteiger partial charge is 0.356 e. The molecule has 0 bridgehead atoms. The molecule has 8 heteroatoms. The maximum absolute atomic E-state index is 13.5. The van der Waals surface area contributed by atoms with E-state index in [9.17, 15) is 19.2 Å². The van der Waals surface area contributed by atoms with E-state index in [4.69, 9.17) is 0 Å². The van der Waals surface area contributed by atoms with Crippen molar-refractivity contribution < 1.29 is 9.59 Å². The molecule has 0 atom stereocenters. The topological polar surface area (TPSA) is 102 Å². The fourth-order valence-corrected chi connectivity index (χ4v) is 4.01. The summed E-state index contributed by atoms with van der Waals surface area (Å²) < 4.78 is 2.36. The van der Waals surface area contributed by atoms with Gasteiger partial charge in [-0.3, -0.25) is 19.0 Å². The SMILES string of the molecule is Cc1ccc(NC(=O)Cn2c(=O)n(-c3ccc(CC(=O)NCC(C)C)cc3)c(=O)c3ccccc32)cc1. The van der Waals surface area contributed by atoms with Gasteiger partial charge >= 0.3 is 5.69 Å². The van der Waals surface area contributed by atoms with Crippen molar-refractivity contribution in [2.75, 3.05) is 11.9 Å². The number of para-hydroxylation sites is 1. The van der Waals surface area contributed by atoms with Gasteiger partial charge in [0, 0.05) is 12.2 Å². The first kappa shape index (κ1) is 25.6. The minimum Gasteiger partial charge on any atom is -0.356 e. The minimum atomic E-state index is -0.620. The van der Waals surface area contributed by atoms with Gasteiger partial charge in [-0.2, -0.15) is 0 Å². The average Bonchev–Trinajstić information content (AvgIpc) is 2.88. The number of nitrogens with zero attached hydrogens (tertiary/aromatic N) is 2. The zero-order valence-corrected chi connectivity index (χ0v) is 21.2. The summed E-state index contributed by atoms with van der Waals surface area (Å²) in [5.41, 5.74) is 2.09. The number of carbonyl (C=O) groups is 2. The number of benzene rings is 3. The van der Waals surface area contributed by atoms with E-state index in [1.165, 1.54) is 4.57 Å². The van der Waals surface area contributed by atoms with E-state index in [0.717, 1.165) is 15.7 Å². The second-order valence-electron chi connectivity index (χ2n) is 9.48. The lowest BCUT2D eigenvalue weighted by Gasteiger charge is -2.15. The molecule has 190 valence electrons. The summed E-state index contributed by atoms with van der Waals surface area (Å²) in [4.78, 5) is 51.8. The first-order valence-electron chi connectivity index (χ1n) is 12.2. The minimum absolute atomic E-state index is 0.0914. The van der Waals surface area contributed by atoms with Crippen LogP contribution >= 0.6 is 0 Å². The van der Waals surface area contributed by atoms with E-state index in [-0.39, 0.29) is 24.8 Å². The summed E-state index contributed by atoms with van der Waals surface area (Å²) in [6.07, 6.45) is 0.197. The third kappa shape index (κ3) is 6.03. The highest BCUT2D eigenvalue weighted by molar-refractivity contribution is 5.91. The molecule has 0 aliphatic carbocycles. The molecule has 1 aromatic heterocycles. The van der Waals surface area contributed by atoms with Crippen LogP contribution in [-0.4, -0.2) is 27.5 Å². The Bertz CT molecular complexity index is 1550. The maximum atomic E-state index is 13.5. The van der Waals surface area contributed by atoms with Crippen LogP contribution in [0.4, 0.5) is 5.69 Å². The Morgan fingerprint density at radius 1 is 0.865 bits per heavy atom. The van der Waals surface area contributed by atoms with Crippen molar-refractivity contribution in [2.24, 2.45) is 5.92 Å². The first-order chi connectivity index (χ1) is 17.7. The number of hydrogen-bond donors (Lipinski definition) is 2. The molecule has 0 spiro atoms. The first-order valence-corrected chi connectivity index (χ1v) is 12.2. The maximum Gasteiger partial charge on any atom is 0.336 e. The highest BCUT2D eigenvalue weighted by Crippen LogP contribution is 2.13. The molecular formula is C29H30N4O4. The number of nitrogens with one attached hydrogen (secondary N) is 2. The predicted octanol–water partition coefficient (Wildman–Crippen LogP) is 3.41. The lowest BCUT2D eigenvalue weighted by atomic mass is 10.1. The van der Waals surface area contributed by atoms with Gasteiger partial charge in [-0.15, -0.1) is 0 Å². The molecule has 37 heavy (non-hydrogen) atoms. The summed E-state index contributed by atoms with van der Waals surface area (Å²) in [5.74, 6) is -0.123. The van der Waals surface area contributed by atoms with Crippen LogP contribution in [0.25, 0.3) is 16.6 Å². The summed E-state index contributed by atoms with van der Waals surface area (Å²) >= 11 is 0. The standard InChI is InChI=1S/C29H30N4O4/c1-19(2)17-30-26(34)16-21-10-14-23(15-11-21)33-28(36)24-6-4-5-7-25(24)32(29(33)37)18-27(35)31-22-12-8-20(3)9-13-22/h4-15,19H,16-18H2,1-3H3,(H,30,34)(H,31,35). The van der Waals surface area contributed by atoms with Gasteiger partial charge in [0.05, 0.1) is 23.0 Å². The molecular weight excluding hydrogens is 468 g/mol. The van der Waals surface area contributed by atoms with Crippen molar-refractivity contribution in [3.63, 3.8) is 0 Å². The summed E-state index contributed by atoms with van der Waals surface area (Å²) in [7, 11) is 0. The second kappa shape index (κ2) is 11.1. The van der Waals surface area contributed by atoms with Crippen LogP contribution in [0, 0.1) is 12.8 Å². The molecule has 2 amide bonds. The number of anilines is 1. The molecule has 4 aromatic rings. The van der Waals surface area contributed by atoms with Crippen LogP contribution in [0.1, 0.15) is 25.0 Å². The molecule has 1 heterocycles. The molecule has 2 N–H and O–H groups in total. The number of amides is 2. The molecule has 0 aliphatic heterocycles. The van der Waals surface area contributed by atoms with Gasteiger partial charge in [0.2, 0.25) is 11.8 Å². The van der Waals surface area contributed by atoms with Crippen molar-refractivity contribution in [1.82, 2.24) is 14.5 Å². The van der Waals surface area contributed by atoms with Crippen LogP contribution in [0.2, 0.25) is 0 Å². The van der Waals surface area contributed by atoms with Gasteiger partial charge in [-0.25, -0.2) is 9.36 Å². The van der Waals surface area contributed by atoms with E-state index in [2.05, 4.69) is 10.6 Å². The number of aryl methyl sites for hydroxylation is 1. The molecule has 0 fully saturated rings. The zero-order chi connectivity index (χ0) is 26.5. The molecule has 0 saturated heterocycles. The summed E-state index contributed by atoms with van der Waals surface area (Å²) in [6, 6.07) is 20.8. The molecule has 3 aromatic carbocycles. The third-order valence-corrected chi connectivity index (χ3v) is 5.95. The number of carbonyl (C=O) groups excluding carboxylic acids is 2. The Hall–Kier alpha value is -4.46. The lowest BCUT2D eigenvalue weighted by Crippen LogP contribution is -2.40. The van der Waals surface area contributed by atoms with E-state index >= 15 is 0 Å². The van der Waals surface area contributed by atoms with Gasteiger partial charge in [0.25, 0.3) is 5.56 Å². The number of aromatic nitrogens is 2. The van der Waals surface area contributed by atoms with Crippen molar-refractivity contribution in [3.05, 3.63) is 105 Å². The van der Waals surface area contributed by atoms with Gasteiger partial charge in [0.1, 0.15) is 6.54 Å². The molecule has 0 unspecified atom stereocenters. The van der Waals surface area contributed by atoms with Crippen LogP contribution in [0.15, 0.2) is 82.4 Å². The number of hydrogen-bond acceptors (Lipinski definition) is 4. The van der Waals surface area contributed by atoms with E-state index in [1.807, 2.05) is 32.9 Å². The van der Waals surface area contributed by atoms with Gasteiger partial charge in [-0.05, 0) is 54.8 Å². The predicted molar refractivity (Wildman–Crippen MR) is 145 cm³/mol. The molecule has 0 aliphatic rings. The van der Waals surface area contributed by atoms with Crippen LogP contribution in [0.5, 0.6) is 0 Å². The van der Waals surface area contributed by atoms with Crippen molar-refractivity contribution in [3.8, 4) is 5.69 Å². The van der Waals surface area contributed by atoms with Gasteiger partial charge < -0.3 is 10.6 Å². The van der Waals surface area contributed by atoms with E-state index < -0.39 is 11.2 Å².